The molecule has 1 saturated heterocycles. The van der Waals surface area contributed by atoms with Crippen LogP contribution in [-0.2, 0) is 4.79 Å². The van der Waals surface area contributed by atoms with Gasteiger partial charge in [-0.05, 0) is 13.3 Å². The highest BCUT2D eigenvalue weighted by Gasteiger charge is 2.26. The first-order chi connectivity index (χ1) is 6.42. The molecule has 14 heavy (non-hydrogen) atoms. The second-order valence-electron chi connectivity index (χ2n) is 4.36. The smallest absolute Gasteiger partial charge is 0.235 e. The maximum absolute atomic E-state index is 11.7. The summed E-state index contributed by atoms with van der Waals surface area (Å²) in [5, 5.41) is -0.166. The van der Waals surface area contributed by atoms with Gasteiger partial charge in [0.15, 0.2) is 0 Å². The molecule has 82 valence electrons. The van der Waals surface area contributed by atoms with Gasteiger partial charge in [-0.25, -0.2) is 0 Å². The van der Waals surface area contributed by atoms with Crippen LogP contribution < -0.4 is 0 Å². The van der Waals surface area contributed by atoms with Gasteiger partial charge in [0.05, 0.1) is 5.25 Å². The van der Waals surface area contributed by atoms with Gasteiger partial charge in [0.1, 0.15) is 0 Å². The van der Waals surface area contributed by atoms with Gasteiger partial charge in [-0.15, -0.1) is 0 Å². The first kappa shape index (κ1) is 12.2. The number of thiol groups is 1. The zero-order chi connectivity index (χ0) is 10.8. The van der Waals surface area contributed by atoms with Crippen molar-refractivity contribution in [2.75, 3.05) is 18.8 Å². The molecule has 4 heteroatoms. The Hall–Kier alpha value is 0.170. The van der Waals surface area contributed by atoms with Crippen molar-refractivity contribution in [1.82, 2.24) is 4.90 Å². The molecule has 0 aromatic carbocycles. The Morgan fingerprint density at radius 3 is 2.71 bits per heavy atom. The van der Waals surface area contributed by atoms with E-state index in [1.54, 1.807) is 0 Å². The van der Waals surface area contributed by atoms with E-state index < -0.39 is 0 Å². The molecule has 1 heterocycles. The van der Waals surface area contributed by atoms with Crippen molar-refractivity contribution in [2.24, 2.45) is 0 Å². The molecule has 1 unspecified atom stereocenters. The van der Waals surface area contributed by atoms with Gasteiger partial charge in [0.25, 0.3) is 0 Å². The van der Waals surface area contributed by atoms with Crippen molar-refractivity contribution in [3.8, 4) is 0 Å². The zero-order valence-electron chi connectivity index (χ0n) is 9.12. The predicted molar refractivity (Wildman–Crippen MR) is 66.2 cm³/mol. The van der Waals surface area contributed by atoms with Crippen LogP contribution in [-0.4, -0.2) is 39.6 Å². The van der Waals surface area contributed by atoms with Crippen LogP contribution in [0, 0.1) is 0 Å². The van der Waals surface area contributed by atoms with Gasteiger partial charge < -0.3 is 4.90 Å². The molecule has 0 aromatic rings. The summed E-state index contributed by atoms with van der Waals surface area (Å²) in [6, 6.07) is 0. The minimum absolute atomic E-state index is 0.166. The molecule has 1 aliphatic rings. The van der Waals surface area contributed by atoms with Crippen molar-refractivity contribution in [2.45, 2.75) is 37.2 Å². The van der Waals surface area contributed by atoms with E-state index in [-0.39, 0.29) is 11.2 Å². The van der Waals surface area contributed by atoms with E-state index in [2.05, 4.69) is 26.5 Å². The first-order valence-corrected chi connectivity index (χ1v) is 6.53. The number of hydrogen-bond acceptors (Lipinski definition) is 3. The highest BCUT2D eigenvalue weighted by atomic mass is 32.2. The zero-order valence-corrected chi connectivity index (χ0v) is 10.8. The third-order valence-corrected chi connectivity index (χ3v) is 4.10. The van der Waals surface area contributed by atoms with Crippen LogP contribution in [0.5, 0.6) is 0 Å². The van der Waals surface area contributed by atoms with E-state index >= 15 is 0 Å². The molecule has 0 bridgehead atoms. The van der Waals surface area contributed by atoms with Crippen LogP contribution >= 0.6 is 24.4 Å². The SMILES string of the molecule is CC(S)C(=O)N1CCSC(C)(C)CC1. The van der Waals surface area contributed by atoms with Crippen LogP contribution in [0.15, 0.2) is 0 Å². The number of rotatable bonds is 1. The van der Waals surface area contributed by atoms with E-state index in [1.807, 2.05) is 23.6 Å². The number of thioether (sulfide) groups is 1. The number of carbonyl (C=O) groups is 1. The second kappa shape index (κ2) is 4.79. The lowest BCUT2D eigenvalue weighted by molar-refractivity contribution is -0.130. The topological polar surface area (TPSA) is 20.3 Å². The number of carbonyl (C=O) groups excluding carboxylic acids is 1. The molecule has 0 aromatic heterocycles. The van der Waals surface area contributed by atoms with E-state index in [0.717, 1.165) is 25.3 Å². The van der Waals surface area contributed by atoms with Gasteiger partial charge in [-0.1, -0.05) is 13.8 Å². The van der Waals surface area contributed by atoms with Crippen molar-refractivity contribution in [3.63, 3.8) is 0 Å². The quantitative estimate of drug-likeness (QED) is 0.700. The lowest BCUT2D eigenvalue weighted by atomic mass is 10.1. The van der Waals surface area contributed by atoms with Gasteiger partial charge >= 0.3 is 0 Å². The molecule has 1 rings (SSSR count). The number of hydrogen-bond donors (Lipinski definition) is 1. The number of amides is 1. The van der Waals surface area contributed by atoms with Crippen LogP contribution in [0.1, 0.15) is 27.2 Å². The van der Waals surface area contributed by atoms with E-state index in [0.29, 0.717) is 4.75 Å². The fourth-order valence-corrected chi connectivity index (χ4v) is 2.77. The monoisotopic (exact) mass is 233 g/mol. The van der Waals surface area contributed by atoms with E-state index in [1.165, 1.54) is 0 Å². The van der Waals surface area contributed by atoms with E-state index in [4.69, 9.17) is 0 Å². The minimum Gasteiger partial charge on any atom is -0.341 e. The standard InChI is InChI=1S/C10H19NOS2/c1-8(13)9(12)11-5-4-10(2,3)14-7-6-11/h8,13H,4-7H2,1-3H3. The lowest BCUT2D eigenvalue weighted by Gasteiger charge is -2.23. The molecule has 0 aliphatic carbocycles. The summed E-state index contributed by atoms with van der Waals surface area (Å²) in [6.07, 6.45) is 1.07. The van der Waals surface area contributed by atoms with Crippen molar-refractivity contribution in [3.05, 3.63) is 0 Å². The van der Waals surface area contributed by atoms with Crippen LogP contribution in [0.25, 0.3) is 0 Å². The summed E-state index contributed by atoms with van der Waals surface area (Å²) in [6.45, 7) is 8.09. The molecule has 1 amide bonds. The summed E-state index contributed by atoms with van der Waals surface area (Å²) in [4.78, 5) is 13.6. The van der Waals surface area contributed by atoms with Crippen molar-refractivity contribution in [1.29, 1.82) is 0 Å². The van der Waals surface area contributed by atoms with Crippen molar-refractivity contribution >= 4 is 30.3 Å². The van der Waals surface area contributed by atoms with Gasteiger partial charge in [-0.2, -0.15) is 24.4 Å². The molecule has 1 fully saturated rings. The molecule has 1 atom stereocenters. The fraction of sp³-hybridized carbons (Fsp3) is 0.900. The normalized spacial score (nSPS) is 24.1. The highest BCUT2D eigenvalue weighted by molar-refractivity contribution is 8.00. The molecule has 0 radical (unpaired) electrons. The summed E-state index contributed by atoms with van der Waals surface area (Å²) in [5.41, 5.74) is 0. The molecule has 2 nitrogen and oxygen atoms in total. The summed E-state index contributed by atoms with van der Waals surface area (Å²) < 4.78 is 0.314. The maximum Gasteiger partial charge on any atom is 0.235 e. The van der Waals surface area contributed by atoms with Gasteiger partial charge in [0, 0.05) is 23.6 Å². The Balaban J connectivity index is 2.54. The third kappa shape index (κ3) is 3.39. The minimum atomic E-state index is -0.166. The summed E-state index contributed by atoms with van der Waals surface area (Å²) >= 11 is 6.14. The largest absolute Gasteiger partial charge is 0.341 e. The molecule has 1 aliphatic heterocycles. The fourth-order valence-electron chi connectivity index (χ4n) is 1.50. The van der Waals surface area contributed by atoms with Crippen molar-refractivity contribution < 1.29 is 4.79 Å². The maximum atomic E-state index is 11.7. The van der Waals surface area contributed by atoms with Crippen LogP contribution in [0.3, 0.4) is 0 Å². The summed E-state index contributed by atoms with van der Waals surface area (Å²) in [7, 11) is 0. The third-order valence-electron chi connectivity index (χ3n) is 2.51. The predicted octanol–water partition coefficient (Wildman–Crippen LogP) is 2.05. The second-order valence-corrected chi connectivity index (χ2v) is 6.94. The Bertz CT molecular complexity index is 216. The molecule has 0 saturated carbocycles. The molecule has 0 N–H and O–H groups in total. The lowest BCUT2D eigenvalue weighted by Crippen LogP contribution is -2.37. The Morgan fingerprint density at radius 2 is 2.14 bits per heavy atom. The van der Waals surface area contributed by atoms with Crippen LogP contribution in [0.2, 0.25) is 0 Å². The van der Waals surface area contributed by atoms with Gasteiger partial charge in [-0.3, -0.25) is 4.79 Å². The summed E-state index contributed by atoms with van der Waals surface area (Å²) in [5.74, 6) is 1.21. The average Bonchev–Trinajstić information content (AvgIpc) is 2.25. The Morgan fingerprint density at radius 1 is 1.50 bits per heavy atom. The Kier molecular flexibility index (Phi) is 4.19. The Labute approximate surface area is 96.2 Å². The van der Waals surface area contributed by atoms with Gasteiger partial charge in [0.2, 0.25) is 5.91 Å². The molecular weight excluding hydrogens is 214 g/mol. The average molecular weight is 233 g/mol. The molecule has 0 spiro atoms. The van der Waals surface area contributed by atoms with Crippen LogP contribution in [0.4, 0.5) is 0 Å². The first-order valence-electron chi connectivity index (χ1n) is 5.03. The van der Waals surface area contributed by atoms with E-state index in [9.17, 15) is 4.79 Å². The number of nitrogens with zero attached hydrogens (tertiary/aromatic N) is 1. The molecular formula is C10H19NOS2. The highest BCUT2D eigenvalue weighted by Crippen LogP contribution is 2.30.